The molecular formula is C6H10AuCl. The molecule has 0 N–H and O–H groups in total. The number of halogens is 1. The molecule has 0 radical (unpaired) electrons. The van der Waals surface area contributed by atoms with Gasteiger partial charge in [0.05, 0.1) is 0 Å². The molecular weight excluding hydrogens is 304 g/mol. The first-order valence-corrected chi connectivity index (χ1v) is 5.45. The summed E-state index contributed by atoms with van der Waals surface area (Å²) in [6, 6.07) is 0. The van der Waals surface area contributed by atoms with Crippen molar-refractivity contribution in [3.8, 4) is 0 Å². The van der Waals surface area contributed by atoms with Gasteiger partial charge in [0.15, 0.2) is 0 Å². The number of rotatable bonds is 0. The molecule has 0 saturated heterocycles. The summed E-state index contributed by atoms with van der Waals surface area (Å²) in [5.74, 6) is 0. The van der Waals surface area contributed by atoms with Crippen molar-refractivity contribution in [1.29, 1.82) is 0 Å². The Kier molecular flexibility index (Phi) is 8.52. The fourth-order valence-electron chi connectivity index (χ4n) is 0.760. The second-order valence-corrected chi connectivity index (χ2v) is 1.76. The average Bonchev–Trinajstić information content (AvgIpc) is 1.96. The summed E-state index contributed by atoms with van der Waals surface area (Å²) in [6.07, 6.45) is 10.0. The summed E-state index contributed by atoms with van der Waals surface area (Å²) in [5, 5.41) is 0. The van der Waals surface area contributed by atoms with Gasteiger partial charge in [0, 0.05) is 0 Å². The predicted octanol–water partition coefficient (Wildman–Crippen LogP) is 2.80. The molecule has 0 bridgehead atoms. The van der Waals surface area contributed by atoms with Crippen molar-refractivity contribution in [1.82, 2.24) is 0 Å². The van der Waals surface area contributed by atoms with Crippen molar-refractivity contribution in [3.05, 3.63) is 12.2 Å². The normalized spacial score (nSPS) is 16.9. The van der Waals surface area contributed by atoms with Gasteiger partial charge in [-0.05, 0) is 25.7 Å². The molecule has 8 heavy (non-hydrogen) atoms. The van der Waals surface area contributed by atoms with E-state index in [-0.39, 0.29) is 0 Å². The van der Waals surface area contributed by atoms with Crippen molar-refractivity contribution < 1.29 is 20.0 Å². The van der Waals surface area contributed by atoms with E-state index in [2.05, 4.69) is 21.3 Å². The fourth-order valence-corrected chi connectivity index (χ4v) is 0.760. The van der Waals surface area contributed by atoms with Crippen molar-refractivity contribution >= 4 is 9.19 Å². The number of allylic oxidation sites excluding steroid dienone is 2. The molecule has 0 atom stereocenters. The molecule has 1 rings (SSSR count). The Morgan fingerprint density at radius 3 is 1.50 bits per heavy atom. The Morgan fingerprint density at radius 2 is 1.38 bits per heavy atom. The van der Waals surface area contributed by atoms with Crippen molar-refractivity contribution in [2.75, 3.05) is 0 Å². The van der Waals surface area contributed by atoms with E-state index in [9.17, 15) is 0 Å². The minimum atomic E-state index is 1.32. The standard InChI is InChI=1S/C6H10.Au.ClH/c1-2-4-6-5-3-1;;/h1-2H,3-6H2;;1H/q;+1;/p-1. The molecule has 0 amide bonds. The fraction of sp³-hybridized carbons (Fsp3) is 0.667. The van der Waals surface area contributed by atoms with Crippen LogP contribution in [0.4, 0.5) is 0 Å². The molecule has 0 unspecified atom stereocenters. The summed E-state index contributed by atoms with van der Waals surface area (Å²) in [4.78, 5) is 0. The molecule has 2 heteroatoms. The van der Waals surface area contributed by atoms with E-state index < -0.39 is 0 Å². The van der Waals surface area contributed by atoms with Gasteiger partial charge in [-0.1, -0.05) is 12.2 Å². The van der Waals surface area contributed by atoms with E-state index in [1.165, 1.54) is 25.7 Å². The van der Waals surface area contributed by atoms with Crippen molar-refractivity contribution in [2.45, 2.75) is 25.7 Å². The first kappa shape index (κ1) is 8.77. The molecule has 1 aliphatic carbocycles. The van der Waals surface area contributed by atoms with Crippen LogP contribution in [0.25, 0.3) is 0 Å². The molecule has 1 aliphatic rings. The van der Waals surface area contributed by atoms with Crippen LogP contribution in [0.1, 0.15) is 25.7 Å². The summed E-state index contributed by atoms with van der Waals surface area (Å²) in [7, 11) is 4.58. The summed E-state index contributed by atoms with van der Waals surface area (Å²) in [5.41, 5.74) is 0. The number of hydrogen-bond acceptors (Lipinski definition) is 0. The van der Waals surface area contributed by atoms with Crippen LogP contribution in [0, 0.1) is 0 Å². The third-order valence-electron chi connectivity index (χ3n) is 1.16. The van der Waals surface area contributed by atoms with E-state index >= 15 is 0 Å². The summed E-state index contributed by atoms with van der Waals surface area (Å²) < 4.78 is 0. The van der Waals surface area contributed by atoms with E-state index in [4.69, 9.17) is 0 Å². The van der Waals surface area contributed by atoms with Crippen LogP contribution in [0.15, 0.2) is 12.2 Å². The van der Waals surface area contributed by atoms with Crippen LogP contribution >= 0.6 is 9.19 Å². The van der Waals surface area contributed by atoms with E-state index in [0.29, 0.717) is 0 Å². The zero-order chi connectivity index (χ0) is 6.24. The third-order valence-corrected chi connectivity index (χ3v) is 1.16. The molecule has 0 saturated carbocycles. The van der Waals surface area contributed by atoms with Gasteiger partial charge in [0.25, 0.3) is 0 Å². The Balaban J connectivity index is 0.000000222. The summed E-state index contributed by atoms with van der Waals surface area (Å²) in [6.45, 7) is 0. The van der Waals surface area contributed by atoms with Gasteiger partial charge in [0.1, 0.15) is 0 Å². The predicted molar refractivity (Wildman–Crippen MR) is 33.5 cm³/mol. The van der Waals surface area contributed by atoms with Gasteiger partial charge < -0.3 is 0 Å². The quantitative estimate of drug-likeness (QED) is 0.476. The monoisotopic (exact) mass is 314 g/mol. The Morgan fingerprint density at radius 1 is 1.00 bits per heavy atom. The maximum absolute atomic E-state index is 4.58. The topological polar surface area (TPSA) is 0 Å². The Bertz CT molecular complexity index is 53.5. The molecule has 0 fully saturated rings. The molecule has 0 spiro atoms. The first-order valence-electron chi connectivity index (χ1n) is 2.76. The van der Waals surface area contributed by atoms with Gasteiger partial charge in [-0.2, -0.15) is 0 Å². The average molecular weight is 315 g/mol. The number of hydrogen-bond donors (Lipinski definition) is 0. The van der Waals surface area contributed by atoms with Gasteiger partial charge in [-0.25, -0.2) is 0 Å². The second-order valence-electron chi connectivity index (χ2n) is 1.76. The van der Waals surface area contributed by atoms with Crippen LogP contribution in [0.3, 0.4) is 0 Å². The van der Waals surface area contributed by atoms with Gasteiger partial charge in [-0.3, -0.25) is 0 Å². The second kappa shape index (κ2) is 7.77. The van der Waals surface area contributed by atoms with E-state index in [1.54, 1.807) is 20.0 Å². The molecule has 0 nitrogen and oxygen atoms in total. The van der Waals surface area contributed by atoms with E-state index in [1.807, 2.05) is 0 Å². The summed E-state index contributed by atoms with van der Waals surface area (Å²) >= 11 is 1.75. The van der Waals surface area contributed by atoms with Crippen molar-refractivity contribution in [2.24, 2.45) is 0 Å². The van der Waals surface area contributed by atoms with Gasteiger partial charge >= 0.3 is 29.2 Å². The first-order chi connectivity index (χ1) is 4.00. The van der Waals surface area contributed by atoms with Crippen LogP contribution in [0.2, 0.25) is 0 Å². The van der Waals surface area contributed by atoms with Gasteiger partial charge in [-0.15, -0.1) is 0 Å². The SMILES string of the molecule is C1=CCCCC1.[Cl][Au]. The van der Waals surface area contributed by atoms with Crippen LogP contribution in [-0.2, 0) is 20.0 Å². The molecule has 0 aromatic rings. The minimum absolute atomic E-state index is 1.32. The third kappa shape index (κ3) is 4.92. The molecule has 52 valence electrons. The maximum atomic E-state index is 4.58. The molecule has 0 aliphatic heterocycles. The molecule has 0 aromatic heterocycles. The van der Waals surface area contributed by atoms with Gasteiger partial charge in [0.2, 0.25) is 0 Å². The molecule has 0 heterocycles. The van der Waals surface area contributed by atoms with Crippen LogP contribution in [0.5, 0.6) is 0 Å². The zero-order valence-corrected chi connectivity index (χ0v) is 7.58. The Hall–Kier alpha value is 0.770. The Labute approximate surface area is 67.0 Å². The zero-order valence-electron chi connectivity index (χ0n) is 4.66. The van der Waals surface area contributed by atoms with Crippen molar-refractivity contribution in [3.63, 3.8) is 0 Å². The molecule has 0 aromatic carbocycles. The van der Waals surface area contributed by atoms with Crippen LogP contribution < -0.4 is 0 Å². The van der Waals surface area contributed by atoms with E-state index in [0.717, 1.165) is 0 Å². The van der Waals surface area contributed by atoms with Crippen LogP contribution in [-0.4, -0.2) is 0 Å².